The van der Waals surface area contributed by atoms with Gasteiger partial charge in [-0.15, -0.1) is 0 Å². The number of carbonyl (C=O) groups is 5. The van der Waals surface area contributed by atoms with Crippen molar-refractivity contribution in [3.8, 4) is 0 Å². The summed E-state index contributed by atoms with van der Waals surface area (Å²) in [4.78, 5) is 72.2. The Morgan fingerprint density at radius 1 is 0.904 bits per heavy atom. The van der Waals surface area contributed by atoms with Gasteiger partial charge < -0.3 is 25.7 Å². The Labute approximate surface area is 305 Å². The lowest BCUT2D eigenvalue weighted by Gasteiger charge is -2.31. The predicted octanol–water partition coefficient (Wildman–Crippen LogP) is 4.52. The van der Waals surface area contributed by atoms with Crippen LogP contribution in [0, 0.1) is 11.8 Å². The molecule has 0 aliphatic carbocycles. The number of nitrogens with zero attached hydrogens (tertiary/aromatic N) is 3. The van der Waals surface area contributed by atoms with Crippen molar-refractivity contribution < 1.29 is 36.8 Å². The highest BCUT2D eigenvalue weighted by Gasteiger charge is 2.41. The van der Waals surface area contributed by atoms with E-state index in [9.17, 15) is 32.4 Å². The second-order valence-corrected chi connectivity index (χ2v) is 15.3. The molecule has 1 aliphatic rings. The molecule has 0 spiro atoms. The predicted molar refractivity (Wildman–Crippen MR) is 193 cm³/mol. The Balaban J connectivity index is 1.29. The summed E-state index contributed by atoms with van der Waals surface area (Å²) in [5.41, 5.74) is 6.37. The quantitative estimate of drug-likeness (QED) is 0.174. The van der Waals surface area contributed by atoms with Crippen LogP contribution in [0.2, 0.25) is 5.02 Å². The fourth-order valence-electron chi connectivity index (χ4n) is 5.96. The number of amides is 5. The van der Waals surface area contributed by atoms with Gasteiger partial charge in [-0.2, -0.15) is 4.31 Å². The number of nitrogens with one attached hydrogen (secondary N) is 2. The summed E-state index contributed by atoms with van der Waals surface area (Å²) in [6.45, 7) is 7.32. The maximum absolute atomic E-state index is 13.9. The third-order valence-electron chi connectivity index (χ3n) is 8.73. The number of fused-ring (bicyclic) bond motifs is 1. The van der Waals surface area contributed by atoms with E-state index in [4.69, 9.17) is 21.8 Å². The number of para-hydroxylation sites is 2. The van der Waals surface area contributed by atoms with Gasteiger partial charge in [-0.1, -0.05) is 51.4 Å². The van der Waals surface area contributed by atoms with Crippen LogP contribution in [0.15, 0.2) is 82.1 Å². The standard InChI is InChI=1S/C36H39ClN6O8S/c1-20(2)29(31(44)34-39-26-8-5-6-10-28(26)51-34)40-33(46)27-9-7-19-42(27)35(47)30(21(3)4)41-32(45)22-11-15-24(16-12-22)43(36(38)48)52(49,50)25-17-13-23(37)14-18-25/h5-6,8,10-18,20-21,27,29-30H,7,9,19H2,1-4H3,(H2,38,48)(H,40,46)(H,41,45)/t27-,29?,30-/m0/s1. The van der Waals surface area contributed by atoms with Crippen molar-refractivity contribution in [1.29, 1.82) is 0 Å². The van der Waals surface area contributed by atoms with Gasteiger partial charge in [0.05, 0.1) is 16.6 Å². The SMILES string of the molecule is CC(C)C(NC(=O)[C@@H]1CCCN1C(=O)[C@@H](NC(=O)c1ccc(N(C(N)=O)S(=O)(=O)c2ccc(Cl)cc2)cc1)C(C)C)C(=O)c1nc2ccccc2o1. The van der Waals surface area contributed by atoms with E-state index in [2.05, 4.69) is 15.6 Å². The number of primary amides is 1. The fraction of sp³-hybridized carbons (Fsp3) is 0.333. The molecular formula is C36H39ClN6O8S. The number of hydrogen-bond donors (Lipinski definition) is 3. The number of aromatic nitrogens is 1. The molecule has 4 N–H and O–H groups in total. The van der Waals surface area contributed by atoms with Crippen molar-refractivity contribution in [3.63, 3.8) is 0 Å². The van der Waals surface area contributed by atoms with Crippen LogP contribution >= 0.6 is 11.6 Å². The van der Waals surface area contributed by atoms with Gasteiger partial charge in [0.25, 0.3) is 21.8 Å². The number of sulfonamides is 1. The molecule has 274 valence electrons. The van der Waals surface area contributed by atoms with Gasteiger partial charge in [0, 0.05) is 17.1 Å². The molecule has 1 saturated heterocycles. The van der Waals surface area contributed by atoms with Crippen LogP contribution in [0.4, 0.5) is 10.5 Å². The summed E-state index contributed by atoms with van der Waals surface area (Å²) < 4.78 is 32.5. The van der Waals surface area contributed by atoms with Crippen LogP contribution in [0.5, 0.6) is 0 Å². The molecule has 3 atom stereocenters. The summed E-state index contributed by atoms with van der Waals surface area (Å²) in [6, 6.07) is 13.1. The fourth-order valence-corrected chi connectivity index (χ4v) is 7.41. The van der Waals surface area contributed by atoms with Gasteiger partial charge >= 0.3 is 6.03 Å². The van der Waals surface area contributed by atoms with Crippen LogP contribution in [-0.4, -0.2) is 72.5 Å². The number of anilines is 1. The van der Waals surface area contributed by atoms with E-state index in [-0.39, 0.29) is 40.4 Å². The third kappa shape index (κ3) is 7.95. The lowest BCUT2D eigenvalue weighted by Crippen LogP contribution is -2.57. The average Bonchev–Trinajstić information content (AvgIpc) is 3.77. The Morgan fingerprint density at radius 2 is 1.54 bits per heavy atom. The number of nitrogens with two attached hydrogens (primary N) is 1. The first-order valence-corrected chi connectivity index (χ1v) is 18.4. The lowest BCUT2D eigenvalue weighted by molar-refractivity contribution is -0.140. The van der Waals surface area contributed by atoms with Crippen LogP contribution < -0.4 is 20.7 Å². The molecule has 2 heterocycles. The minimum atomic E-state index is -4.41. The highest BCUT2D eigenvalue weighted by atomic mass is 35.5. The Bertz CT molecular complexity index is 2070. The van der Waals surface area contributed by atoms with E-state index in [1.165, 1.54) is 53.4 Å². The van der Waals surface area contributed by atoms with Crippen molar-refractivity contribution in [1.82, 2.24) is 20.5 Å². The molecular weight excluding hydrogens is 712 g/mol. The first-order chi connectivity index (χ1) is 24.6. The number of rotatable bonds is 12. The zero-order valence-electron chi connectivity index (χ0n) is 28.9. The van der Waals surface area contributed by atoms with Crippen LogP contribution in [0.25, 0.3) is 11.1 Å². The Kier molecular flexibility index (Phi) is 11.3. The number of oxazole rings is 1. The van der Waals surface area contributed by atoms with Gasteiger partial charge in [0.15, 0.2) is 5.58 Å². The number of ketones is 1. The summed E-state index contributed by atoms with van der Waals surface area (Å²) in [5.74, 6) is -2.95. The van der Waals surface area contributed by atoms with Crippen molar-refractivity contribution in [2.24, 2.45) is 17.6 Å². The summed E-state index contributed by atoms with van der Waals surface area (Å²) in [6.07, 6.45) is 0.889. The van der Waals surface area contributed by atoms with Crippen molar-refractivity contribution in [2.75, 3.05) is 10.8 Å². The zero-order valence-corrected chi connectivity index (χ0v) is 30.5. The molecule has 1 aliphatic heterocycles. The molecule has 5 rings (SSSR count). The summed E-state index contributed by atoms with van der Waals surface area (Å²) in [5, 5.41) is 5.85. The molecule has 4 aromatic rings. The summed E-state index contributed by atoms with van der Waals surface area (Å²) >= 11 is 5.87. The second kappa shape index (κ2) is 15.5. The molecule has 0 bridgehead atoms. The minimum Gasteiger partial charge on any atom is -0.434 e. The number of carbonyl (C=O) groups excluding carboxylic acids is 5. The second-order valence-electron chi connectivity index (χ2n) is 13.1. The topological polar surface area (TPSA) is 202 Å². The average molecular weight is 751 g/mol. The maximum Gasteiger partial charge on any atom is 0.333 e. The van der Waals surface area contributed by atoms with Crippen LogP contribution in [0.3, 0.4) is 0 Å². The van der Waals surface area contributed by atoms with E-state index in [0.717, 1.165) is 0 Å². The van der Waals surface area contributed by atoms with Gasteiger partial charge in [-0.3, -0.25) is 19.2 Å². The van der Waals surface area contributed by atoms with Crippen molar-refractivity contribution >= 4 is 67.9 Å². The number of hydrogen-bond acceptors (Lipinski definition) is 9. The first-order valence-electron chi connectivity index (χ1n) is 16.6. The molecule has 14 nitrogen and oxygen atoms in total. The lowest BCUT2D eigenvalue weighted by atomic mass is 9.98. The van der Waals surface area contributed by atoms with E-state index < -0.39 is 57.7 Å². The number of urea groups is 1. The van der Waals surface area contributed by atoms with Gasteiger partial charge in [-0.25, -0.2) is 18.2 Å². The highest BCUT2D eigenvalue weighted by Crippen LogP contribution is 2.26. The number of Topliss-reactive ketones (excluding diaryl/α,β-unsaturated/α-hetero) is 1. The first kappa shape index (κ1) is 38.0. The van der Waals surface area contributed by atoms with E-state index >= 15 is 0 Å². The largest absolute Gasteiger partial charge is 0.434 e. The number of halogens is 1. The molecule has 16 heteroatoms. The van der Waals surface area contributed by atoms with E-state index in [1.807, 2.05) is 0 Å². The van der Waals surface area contributed by atoms with E-state index in [0.29, 0.717) is 33.3 Å². The maximum atomic E-state index is 13.9. The smallest absolute Gasteiger partial charge is 0.333 e. The highest BCUT2D eigenvalue weighted by molar-refractivity contribution is 7.93. The normalized spacial score (nSPS) is 15.8. The van der Waals surface area contributed by atoms with Crippen LogP contribution in [0.1, 0.15) is 61.6 Å². The summed E-state index contributed by atoms with van der Waals surface area (Å²) in [7, 11) is -4.41. The molecule has 3 aromatic carbocycles. The monoisotopic (exact) mass is 750 g/mol. The Hall–Kier alpha value is -5.28. The van der Waals surface area contributed by atoms with Crippen molar-refractivity contribution in [2.45, 2.75) is 63.6 Å². The molecule has 5 amide bonds. The third-order valence-corrected chi connectivity index (χ3v) is 10.7. The van der Waals surface area contributed by atoms with Gasteiger partial charge in [-0.05, 0) is 85.3 Å². The molecule has 1 aromatic heterocycles. The van der Waals surface area contributed by atoms with E-state index in [1.54, 1.807) is 52.0 Å². The Morgan fingerprint density at radius 3 is 2.13 bits per heavy atom. The van der Waals surface area contributed by atoms with Crippen molar-refractivity contribution in [3.05, 3.63) is 89.3 Å². The number of benzene rings is 3. The number of likely N-dealkylation sites (tertiary alicyclic amines) is 1. The zero-order chi connectivity index (χ0) is 37.9. The van der Waals surface area contributed by atoms with Gasteiger partial charge in [0.2, 0.25) is 17.6 Å². The van der Waals surface area contributed by atoms with Crippen LogP contribution in [-0.2, 0) is 19.6 Å². The molecule has 0 radical (unpaired) electrons. The molecule has 52 heavy (non-hydrogen) atoms. The van der Waals surface area contributed by atoms with Gasteiger partial charge in [0.1, 0.15) is 17.6 Å². The molecule has 1 unspecified atom stereocenters. The molecule has 0 saturated carbocycles. The molecule has 1 fully saturated rings. The minimum absolute atomic E-state index is 0.0729.